The fourth-order valence-corrected chi connectivity index (χ4v) is 3.82. The number of hydrogen-bond acceptors (Lipinski definition) is 7. The molecule has 8 nitrogen and oxygen atoms in total. The molecule has 0 saturated carbocycles. The van der Waals surface area contributed by atoms with Gasteiger partial charge in [0.15, 0.2) is 11.6 Å². The Balaban J connectivity index is 1.52. The van der Waals surface area contributed by atoms with E-state index in [1.54, 1.807) is 6.20 Å². The molecule has 4 aromatic rings. The summed E-state index contributed by atoms with van der Waals surface area (Å²) >= 11 is 0. The van der Waals surface area contributed by atoms with Crippen molar-refractivity contribution in [3.8, 4) is 11.4 Å². The maximum atomic E-state index is 6.03. The summed E-state index contributed by atoms with van der Waals surface area (Å²) < 4.78 is 0. The molecule has 0 atom stereocenters. The summed E-state index contributed by atoms with van der Waals surface area (Å²) in [6, 6.07) is 7.94. The third kappa shape index (κ3) is 3.20. The van der Waals surface area contributed by atoms with Gasteiger partial charge in [-0.05, 0) is 62.1 Å². The first-order valence-electron chi connectivity index (χ1n) is 10.2. The first kappa shape index (κ1) is 18.4. The number of H-pyrrole nitrogens is 1. The fourth-order valence-electron chi connectivity index (χ4n) is 3.82. The standard InChI is InChI=1S/C22H24N8/c1-13-14(2)17(7-6-16(13)23)26-22-20-18(12-25-29-20)27-21(28-22)15-5-8-19(24-11-15)30-9-3-4-10-30/h5-8,11-12H,3-4,9-10,23H2,1-2H3,(H,25,29)(H,26,27,28). The van der Waals surface area contributed by atoms with Crippen LogP contribution < -0.4 is 16.0 Å². The van der Waals surface area contributed by atoms with Gasteiger partial charge >= 0.3 is 0 Å². The third-order valence-corrected chi connectivity index (χ3v) is 5.82. The molecule has 0 bridgehead atoms. The number of fused-ring (bicyclic) bond motifs is 1. The van der Waals surface area contributed by atoms with Crippen LogP contribution in [0.2, 0.25) is 0 Å². The van der Waals surface area contributed by atoms with E-state index >= 15 is 0 Å². The molecule has 1 aliphatic heterocycles. The van der Waals surface area contributed by atoms with E-state index in [9.17, 15) is 0 Å². The summed E-state index contributed by atoms with van der Waals surface area (Å²) in [7, 11) is 0. The van der Waals surface area contributed by atoms with Crippen LogP contribution in [0.3, 0.4) is 0 Å². The molecule has 4 heterocycles. The zero-order chi connectivity index (χ0) is 20.7. The Labute approximate surface area is 174 Å². The van der Waals surface area contributed by atoms with Gasteiger partial charge in [0.1, 0.15) is 16.9 Å². The van der Waals surface area contributed by atoms with Gasteiger partial charge in [-0.25, -0.2) is 15.0 Å². The summed E-state index contributed by atoms with van der Waals surface area (Å²) in [6.07, 6.45) is 6.00. The number of nitrogens with two attached hydrogens (primary N) is 1. The molecule has 1 aliphatic rings. The molecule has 0 unspecified atom stereocenters. The first-order chi connectivity index (χ1) is 14.6. The lowest BCUT2D eigenvalue weighted by molar-refractivity contribution is 0.937. The minimum atomic E-state index is 0.608. The Morgan fingerprint density at radius 3 is 2.60 bits per heavy atom. The Morgan fingerprint density at radius 2 is 1.83 bits per heavy atom. The maximum absolute atomic E-state index is 6.03. The SMILES string of the molecule is Cc1c(N)ccc(Nc2nc(-c3ccc(N4CCCC4)nc3)nc3cn[nH]c23)c1C. The van der Waals surface area contributed by atoms with Gasteiger partial charge in [-0.15, -0.1) is 0 Å². The van der Waals surface area contributed by atoms with E-state index < -0.39 is 0 Å². The molecule has 0 spiro atoms. The molecule has 3 aromatic heterocycles. The van der Waals surface area contributed by atoms with Crippen LogP contribution in [0.4, 0.5) is 23.0 Å². The summed E-state index contributed by atoms with van der Waals surface area (Å²) in [5, 5.41) is 10.6. The number of benzene rings is 1. The zero-order valence-corrected chi connectivity index (χ0v) is 17.1. The summed E-state index contributed by atoms with van der Waals surface area (Å²) in [5.74, 6) is 2.28. The Morgan fingerprint density at radius 1 is 1.00 bits per heavy atom. The van der Waals surface area contributed by atoms with Gasteiger partial charge in [0.25, 0.3) is 0 Å². The van der Waals surface area contributed by atoms with Gasteiger partial charge in [-0.1, -0.05) is 0 Å². The molecule has 152 valence electrons. The van der Waals surface area contributed by atoms with Crippen LogP contribution >= 0.6 is 0 Å². The van der Waals surface area contributed by atoms with Crippen LogP contribution in [-0.4, -0.2) is 38.2 Å². The summed E-state index contributed by atoms with van der Waals surface area (Å²) in [6.45, 7) is 6.19. The highest BCUT2D eigenvalue weighted by Gasteiger charge is 2.16. The number of nitrogens with zero attached hydrogens (tertiary/aromatic N) is 5. The largest absolute Gasteiger partial charge is 0.399 e. The van der Waals surface area contributed by atoms with Crippen molar-refractivity contribution in [1.82, 2.24) is 25.1 Å². The quantitative estimate of drug-likeness (QED) is 0.445. The summed E-state index contributed by atoms with van der Waals surface area (Å²) in [4.78, 5) is 16.4. The van der Waals surface area contributed by atoms with Gasteiger partial charge in [0.05, 0.1) is 6.20 Å². The average molecular weight is 400 g/mol. The number of nitrogen functional groups attached to an aromatic ring is 1. The molecule has 30 heavy (non-hydrogen) atoms. The van der Waals surface area contributed by atoms with E-state index in [1.165, 1.54) is 12.8 Å². The normalized spacial score (nSPS) is 13.9. The van der Waals surface area contributed by atoms with Crippen molar-refractivity contribution in [2.45, 2.75) is 26.7 Å². The van der Waals surface area contributed by atoms with Crippen LogP contribution in [-0.2, 0) is 0 Å². The van der Waals surface area contributed by atoms with Crippen LogP contribution in [0.15, 0.2) is 36.7 Å². The number of aromatic nitrogens is 5. The molecular formula is C22H24N8. The van der Waals surface area contributed by atoms with Crippen LogP contribution in [0, 0.1) is 13.8 Å². The highest BCUT2D eigenvalue weighted by Crippen LogP contribution is 2.30. The van der Waals surface area contributed by atoms with E-state index in [2.05, 4.69) is 30.4 Å². The van der Waals surface area contributed by atoms with Gasteiger partial charge in [-0.2, -0.15) is 5.10 Å². The molecule has 1 fully saturated rings. The smallest absolute Gasteiger partial charge is 0.163 e. The van der Waals surface area contributed by atoms with Gasteiger partial charge in [0.2, 0.25) is 0 Å². The Bertz CT molecular complexity index is 1210. The van der Waals surface area contributed by atoms with Crippen LogP contribution in [0.5, 0.6) is 0 Å². The number of anilines is 4. The average Bonchev–Trinajstić information content (AvgIpc) is 3.46. The van der Waals surface area contributed by atoms with E-state index in [-0.39, 0.29) is 0 Å². The summed E-state index contributed by atoms with van der Waals surface area (Å²) in [5.41, 5.74) is 12.3. The maximum Gasteiger partial charge on any atom is 0.163 e. The lowest BCUT2D eigenvalue weighted by atomic mass is 10.1. The third-order valence-electron chi connectivity index (χ3n) is 5.82. The van der Waals surface area contributed by atoms with E-state index in [0.29, 0.717) is 11.6 Å². The molecule has 8 heteroatoms. The molecule has 1 aromatic carbocycles. The second-order valence-electron chi connectivity index (χ2n) is 7.70. The second kappa shape index (κ2) is 7.29. The number of rotatable bonds is 4. The van der Waals surface area contributed by atoms with Crippen molar-refractivity contribution in [2.75, 3.05) is 29.0 Å². The highest BCUT2D eigenvalue weighted by molar-refractivity contribution is 5.89. The van der Waals surface area contributed by atoms with Crippen LogP contribution in [0.25, 0.3) is 22.4 Å². The predicted octanol–water partition coefficient (Wildman–Crippen LogP) is 3.96. The van der Waals surface area contributed by atoms with E-state index in [1.807, 2.05) is 44.3 Å². The lowest BCUT2D eigenvalue weighted by Gasteiger charge is -2.16. The fraction of sp³-hybridized carbons (Fsp3) is 0.273. The van der Waals surface area contributed by atoms with Crippen LogP contribution in [0.1, 0.15) is 24.0 Å². The van der Waals surface area contributed by atoms with Gasteiger partial charge in [-0.3, -0.25) is 5.10 Å². The Kier molecular flexibility index (Phi) is 4.46. The second-order valence-corrected chi connectivity index (χ2v) is 7.70. The Hall–Kier alpha value is -3.68. The molecule has 0 amide bonds. The van der Waals surface area contributed by atoms with Crippen molar-refractivity contribution < 1.29 is 0 Å². The minimum absolute atomic E-state index is 0.608. The number of pyridine rings is 1. The zero-order valence-electron chi connectivity index (χ0n) is 17.1. The lowest BCUT2D eigenvalue weighted by Crippen LogP contribution is -2.18. The monoisotopic (exact) mass is 400 g/mol. The molecule has 4 N–H and O–H groups in total. The molecule has 5 rings (SSSR count). The van der Waals surface area contributed by atoms with E-state index in [0.717, 1.165) is 58.0 Å². The van der Waals surface area contributed by atoms with Crippen molar-refractivity contribution in [3.63, 3.8) is 0 Å². The number of aromatic amines is 1. The minimum Gasteiger partial charge on any atom is -0.399 e. The van der Waals surface area contributed by atoms with Crippen molar-refractivity contribution in [1.29, 1.82) is 0 Å². The van der Waals surface area contributed by atoms with Crippen molar-refractivity contribution in [3.05, 3.63) is 47.8 Å². The first-order valence-corrected chi connectivity index (χ1v) is 10.2. The number of nitrogens with one attached hydrogen (secondary N) is 2. The number of hydrogen-bond donors (Lipinski definition) is 3. The van der Waals surface area contributed by atoms with E-state index in [4.69, 9.17) is 10.7 Å². The topological polar surface area (TPSA) is 109 Å². The highest BCUT2D eigenvalue weighted by atomic mass is 15.2. The van der Waals surface area contributed by atoms with Gasteiger partial charge < -0.3 is 16.0 Å². The molecule has 1 saturated heterocycles. The molecule has 0 aliphatic carbocycles. The van der Waals surface area contributed by atoms with Gasteiger partial charge in [0, 0.05) is 36.2 Å². The van der Waals surface area contributed by atoms with Crippen molar-refractivity contribution in [2.24, 2.45) is 0 Å². The molecule has 0 radical (unpaired) electrons. The molecular weight excluding hydrogens is 376 g/mol. The van der Waals surface area contributed by atoms with Crippen molar-refractivity contribution >= 4 is 34.0 Å². The predicted molar refractivity (Wildman–Crippen MR) is 120 cm³/mol.